The van der Waals surface area contributed by atoms with Crippen LogP contribution in [0.2, 0.25) is 0 Å². The molecule has 1 amide bonds. The summed E-state index contributed by atoms with van der Waals surface area (Å²) in [4.78, 5) is 16.5. The van der Waals surface area contributed by atoms with Crippen LogP contribution < -0.4 is 10.1 Å². The highest BCUT2D eigenvalue weighted by atomic mass is 16.5. The van der Waals surface area contributed by atoms with Crippen molar-refractivity contribution in [3.05, 3.63) is 60.4 Å². The van der Waals surface area contributed by atoms with E-state index in [0.29, 0.717) is 29.4 Å². The van der Waals surface area contributed by atoms with Crippen molar-refractivity contribution >= 4 is 11.6 Å². The number of nitrogens with zero attached hydrogens (tertiary/aromatic N) is 2. The molecule has 0 spiro atoms. The largest absolute Gasteiger partial charge is 0.485 e. The van der Waals surface area contributed by atoms with E-state index in [9.17, 15) is 4.79 Å². The lowest BCUT2D eigenvalue weighted by Gasteiger charge is -2.08. The van der Waals surface area contributed by atoms with Crippen LogP contribution >= 0.6 is 0 Å². The molecule has 0 saturated heterocycles. The van der Waals surface area contributed by atoms with Gasteiger partial charge in [0.15, 0.2) is 6.61 Å². The van der Waals surface area contributed by atoms with E-state index in [1.165, 1.54) is 0 Å². The number of para-hydroxylation sites is 2. The van der Waals surface area contributed by atoms with Crippen LogP contribution in [0.3, 0.4) is 0 Å². The summed E-state index contributed by atoms with van der Waals surface area (Å²) in [6, 6.07) is 16.9. The number of aromatic nitrogens is 2. The number of anilines is 1. The number of rotatable bonds is 9. The topological polar surface area (TPSA) is 77.2 Å². The summed E-state index contributed by atoms with van der Waals surface area (Å²) >= 11 is 0. The monoisotopic (exact) mass is 365 g/mol. The van der Waals surface area contributed by atoms with Gasteiger partial charge in [0.25, 0.3) is 5.89 Å². The Labute approximate surface area is 158 Å². The Balaban J connectivity index is 1.66. The fourth-order valence-electron chi connectivity index (χ4n) is 2.61. The van der Waals surface area contributed by atoms with Crippen LogP contribution in [-0.4, -0.2) is 16.0 Å². The molecule has 140 valence electrons. The molecule has 0 aliphatic heterocycles. The minimum absolute atomic E-state index is 0.0111. The Hall–Kier alpha value is -3.15. The molecule has 3 aromatic rings. The van der Waals surface area contributed by atoms with Gasteiger partial charge in [0, 0.05) is 6.42 Å². The number of hydrogen-bond acceptors (Lipinski definition) is 5. The average Bonchev–Trinajstić information content (AvgIpc) is 3.17. The van der Waals surface area contributed by atoms with Crippen LogP contribution in [0.25, 0.3) is 11.5 Å². The molecular weight excluding hydrogens is 342 g/mol. The molecule has 0 atom stereocenters. The molecular formula is C21H23N3O3. The molecule has 6 nitrogen and oxygen atoms in total. The first kappa shape index (κ1) is 18.6. The van der Waals surface area contributed by atoms with Gasteiger partial charge in [0.1, 0.15) is 5.75 Å². The average molecular weight is 365 g/mol. The first-order valence-corrected chi connectivity index (χ1v) is 9.16. The van der Waals surface area contributed by atoms with Gasteiger partial charge >= 0.3 is 0 Å². The second-order valence-corrected chi connectivity index (χ2v) is 6.17. The van der Waals surface area contributed by atoms with Crippen molar-refractivity contribution < 1.29 is 14.1 Å². The fourth-order valence-corrected chi connectivity index (χ4v) is 2.61. The number of amides is 1. The smallest absolute Gasteiger partial charge is 0.260 e. The van der Waals surface area contributed by atoms with Crippen molar-refractivity contribution in [2.45, 2.75) is 39.2 Å². The van der Waals surface area contributed by atoms with Gasteiger partial charge < -0.3 is 14.6 Å². The Morgan fingerprint density at radius 2 is 1.85 bits per heavy atom. The lowest BCUT2D eigenvalue weighted by molar-refractivity contribution is -0.116. The summed E-state index contributed by atoms with van der Waals surface area (Å²) in [5.74, 6) is 1.52. The molecule has 0 saturated carbocycles. The number of carbonyl (C=O) groups is 1. The van der Waals surface area contributed by atoms with Crippen LogP contribution in [0.5, 0.6) is 5.75 Å². The lowest BCUT2D eigenvalue weighted by atomic mass is 10.1. The third-order valence-corrected chi connectivity index (χ3v) is 4.02. The van der Waals surface area contributed by atoms with Crippen molar-refractivity contribution in [2.75, 3.05) is 5.32 Å². The summed E-state index contributed by atoms with van der Waals surface area (Å²) in [6.45, 7) is 2.32. The Morgan fingerprint density at radius 1 is 1.07 bits per heavy atom. The summed E-state index contributed by atoms with van der Waals surface area (Å²) in [7, 11) is 0. The lowest BCUT2D eigenvalue weighted by Crippen LogP contribution is -2.11. The molecule has 27 heavy (non-hydrogen) atoms. The normalized spacial score (nSPS) is 10.6. The van der Waals surface area contributed by atoms with Crippen LogP contribution in [0.4, 0.5) is 5.69 Å². The maximum absolute atomic E-state index is 12.1. The van der Waals surface area contributed by atoms with E-state index in [4.69, 9.17) is 9.26 Å². The van der Waals surface area contributed by atoms with E-state index in [-0.39, 0.29) is 12.5 Å². The highest BCUT2D eigenvalue weighted by Gasteiger charge is 2.14. The van der Waals surface area contributed by atoms with Crippen molar-refractivity contribution in [2.24, 2.45) is 0 Å². The molecule has 0 aliphatic rings. The number of hydrogen-bond donors (Lipinski definition) is 1. The molecule has 6 heteroatoms. The summed E-state index contributed by atoms with van der Waals surface area (Å²) in [6.07, 6.45) is 3.51. The van der Waals surface area contributed by atoms with E-state index in [2.05, 4.69) is 22.4 Å². The zero-order valence-electron chi connectivity index (χ0n) is 15.4. The first-order chi connectivity index (χ1) is 13.3. The standard InChI is InChI=1S/C21H23N3O3/c1-2-3-5-14-20(25)22-18-13-9-8-12-17(18)21-23-19(24-27-21)15-26-16-10-6-4-7-11-16/h4,6-13H,2-3,5,14-15H2,1H3,(H,22,25). The molecule has 1 N–H and O–H groups in total. The number of unbranched alkanes of at least 4 members (excludes halogenated alkanes) is 2. The predicted molar refractivity (Wildman–Crippen MR) is 103 cm³/mol. The van der Waals surface area contributed by atoms with Gasteiger partial charge in [-0.05, 0) is 30.7 Å². The van der Waals surface area contributed by atoms with E-state index in [0.717, 1.165) is 25.0 Å². The summed E-state index contributed by atoms with van der Waals surface area (Å²) < 4.78 is 11.0. The number of carbonyl (C=O) groups excluding carboxylic acids is 1. The molecule has 0 radical (unpaired) electrons. The van der Waals surface area contributed by atoms with Crippen LogP contribution in [0, 0.1) is 0 Å². The predicted octanol–water partition coefficient (Wildman–Crippen LogP) is 4.83. The van der Waals surface area contributed by atoms with E-state index < -0.39 is 0 Å². The highest BCUT2D eigenvalue weighted by molar-refractivity contribution is 5.94. The molecule has 0 unspecified atom stereocenters. The fraction of sp³-hybridized carbons (Fsp3) is 0.286. The van der Waals surface area contributed by atoms with E-state index in [1.54, 1.807) is 0 Å². The van der Waals surface area contributed by atoms with Crippen LogP contribution in [0.15, 0.2) is 59.1 Å². The Bertz CT molecular complexity index is 862. The van der Waals surface area contributed by atoms with Gasteiger partial charge in [-0.25, -0.2) is 0 Å². The zero-order chi connectivity index (χ0) is 18.9. The number of ether oxygens (including phenoxy) is 1. The van der Waals surface area contributed by atoms with Crippen molar-refractivity contribution in [3.63, 3.8) is 0 Å². The van der Waals surface area contributed by atoms with Gasteiger partial charge in [-0.1, -0.05) is 55.3 Å². The molecule has 1 heterocycles. The maximum atomic E-state index is 12.1. The van der Waals surface area contributed by atoms with Gasteiger partial charge in [-0.2, -0.15) is 4.98 Å². The molecule has 0 aliphatic carbocycles. The van der Waals surface area contributed by atoms with Gasteiger partial charge in [-0.15, -0.1) is 0 Å². The second kappa shape index (κ2) is 9.52. The van der Waals surface area contributed by atoms with Crippen molar-refractivity contribution in [1.29, 1.82) is 0 Å². The molecule has 2 aromatic carbocycles. The van der Waals surface area contributed by atoms with Crippen LogP contribution in [-0.2, 0) is 11.4 Å². The molecule has 3 rings (SSSR count). The van der Waals surface area contributed by atoms with Crippen molar-refractivity contribution in [1.82, 2.24) is 10.1 Å². The van der Waals surface area contributed by atoms with E-state index in [1.807, 2.05) is 54.6 Å². The molecule has 0 fully saturated rings. The van der Waals surface area contributed by atoms with Gasteiger partial charge in [0.05, 0.1) is 11.3 Å². The van der Waals surface area contributed by atoms with Crippen molar-refractivity contribution in [3.8, 4) is 17.2 Å². The van der Waals surface area contributed by atoms with E-state index >= 15 is 0 Å². The molecule has 1 aromatic heterocycles. The Kier molecular flexibility index (Phi) is 6.57. The first-order valence-electron chi connectivity index (χ1n) is 9.16. The van der Waals surface area contributed by atoms with Gasteiger partial charge in [-0.3, -0.25) is 4.79 Å². The minimum atomic E-state index is -0.0111. The van der Waals surface area contributed by atoms with Crippen LogP contribution in [0.1, 0.15) is 38.4 Å². The molecule has 0 bridgehead atoms. The zero-order valence-corrected chi connectivity index (χ0v) is 15.4. The van der Waals surface area contributed by atoms with Gasteiger partial charge in [0.2, 0.25) is 11.7 Å². The summed E-state index contributed by atoms with van der Waals surface area (Å²) in [5.41, 5.74) is 1.36. The third-order valence-electron chi connectivity index (χ3n) is 4.02. The highest BCUT2D eigenvalue weighted by Crippen LogP contribution is 2.27. The second-order valence-electron chi connectivity index (χ2n) is 6.17. The third kappa shape index (κ3) is 5.41. The minimum Gasteiger partial charge on any atom is -0.485 e. The quantitative estimate of drug-likeness (QED) is 0.549. The Morgan fingerprint density at radius 3 is 2.67 bits per heavy atom. The SMILES string of the molecule is CCCCCC(=O)Nc1ccccc1-c1nc(COc2ccccc2)no1. The number of nitrogens with one attached hydrogen (secondary N) is 1. The number of benzene rings is 2. The summed E-state index contributed by atoms with van der Waals surface area (Å²) in [5, 5.41) is 6.90. The maximum Gasteiger partial charge on any atom is 0.260 e.